The number of hydrogen-bond donors (Lipinski definition) is 2. The summed E-state index contributed by atoms with van der Waals surface area (Å²) in [7, 11) is 0. The first kappa shape index (κ1) is 21.8. The SMILES string of the molecule is CC.Cc1ccccc1F.Cc1ccccc1[C@H]1CCC(C(=O)NO)C1. The van der Waals surface area contributed by atoms with E-state index in [2.05, 4.69) is 19.1 Å². The maximum Gasteiger partial charge on any atom is 0.246 e. The molecule has 0 saturated heterocycles. The fourth-order valence-corrected chi connectivity index (χ4v) is 3.19. The Morgan fingerprint density at radius 3 is 2.08 bits per heavy atom. The van der Waals surface area contributed by atoms with Crippen molar-refractivity contribution in [3.63, 3.8) is 0 Å². The first-order valence-corrected chi connectivity index (χ1v) is 9.23. The molecular weight excluding hydrogens is 329 g/mol. The van der Waals surface area contributed by atoms with E-state index in [0.29, 0.717) is 11.5 Å². The molecule has 1 fully saturated rings. The third-order valence-electron chi connectivity index (χ3n) is 4.62. The number of benzene rings is 2. The van der Waals surface area contributed by atoms with Crippen LogP contribution in [0.25, 0.3) is 0 Å². The molecule has 1 amide bonds. The largest absolute Gasteiger partial charge is 0.289 e. The number of halogens is 1. The summed E-state index contributed by atoms with van der Waals surface area (Å²) < 4.78 is 12.3. The molecule has 2 aromatic carbocycles. The smallest absolute Gasteiger partial charge is 0.246 e. The van der Waals surface area contributed by atoms with Crippen LogP contribution >= 0.6 is 0 Å². The Hall–Kier alpha value is -2.20. The van der Waals surface area contributed by atoms with Gasteiger partial charge in [0.05, 0.1) is 0 Å². The summed E-state index contributed by atoms with van der Waals surface area (Å²) in [5.74, 6) is 0.0571. The standard InChI is InChI=1S/C13H17NO2.C7H7F.C2H6/c1-9-4-2-3-5-12(9)10-6-7-11(8-10)13(15)14-16;1-6-4-2-3-5-7(6)8;1-2/h2-5,10-11,16H,6-8H2,1H3,(H,14,15);2-5H,1H3;1-2H3/t10-,11?;;/m0../s1. The van der Waals surface area contributed by atoms with Gasteiger partial charge in [0.1, 0.15) is 5.82 Å². The maximum absolute atomic E-state index is 12.3. The van der Waals surface area contributed by atoms with Gasteiger partial charge in [0.15, 0.2) is 0 Å². The van der Waals surface area contributed by atoms with Crippen molar-refractivity contribution in [1.29, 1.82) is 0 Å². The maximum atomic E-state index is 12.3. The molecule has 1 aliphatic carbocycles. The number of aryl methyl sites for hydroxylation is 2. The topological polar surface area (TPSA) is 49.3 Å². The van der Waals surface area contributed by atoms with Gasteiger partial charge in [-0.1, -0.05) is 56.3 Å². The summed E-state index contributed by atoms with van der Waals surface area (Å²) in [6.45, 7) is 7.85. The molecule has 0 radical (unpaired) electrons. The predicted molar refractivity (Wildman–Crippen MR) is 104 cm³/mol. The first-order valence-electron chi connectivity index (χ1n) is 9.23. The number of rotatable bonds is 2. The van der Waals surface area contributed by atoms with Crippen molar-refractivity contribution in [2.75, 3.05) is 0 Å². The lowest BCUT2D eigenvalue weighted by Crippen LogP contribution is -2.26. The second-order valence-corrected chi connectivity index (χ2v) is 6.29. The zero-order valence-corrected chi connectivity index (χ0v) is 16.1. The molecular formula is C22H30FNO2. The van der Waals surface area contributed by atoms with Crippen molar-refractivity contribution in [1.82, 2.24) is 5.48 Å². The summed E-state index contributed by atoms with van der Waals surface area (Å²) in [5.41, 5.74) is 5.09. The van der Waals surface area contributed by atoms with E-state index in [-0.39, 0.29) is 17.6 Å². The monoisotopic (exact) mass is 359 g/mol. The van der Waals surface area contributed by atoms with Crippen LogP contribution in [0.3, 0.4) is 0 Å². The zero-order chi connectivity index (χ0) is 19.5. The predicted octanol–water partition coefficient (Wildman–Crippen LogP) is 5.54. The fourth-order valence-electron chi connectivity index (χ4n) is 3.19. The highest BCUT2D eigenvalue weighted by molar-refractivity contribution is 5.77. The average Bonchev–Trinajstić information content (AvgIpc) is 3.16. The molecule has 0 spiro atoms. The van der Waals surface area contributed by atoms with Crippen LogP contribution in [0.4, 0.5) is 4.39 Å². The summed E-state index contributed by atoms with van der Waals surface area (Å²) in [6.07, 6.45) is 2.74. The normalized spacial score (nSPS) is 18.1. The van der Waals surface area contributed by atoms with E-state index in [9.17, 15) is 9.18 Å². The first-order chi connectivity index (χ1) is 12.5. The van der Waals surface area contributed by atoms with Crippen molar-refractivity contribution in [2.45, 2.75) is 52.9 Å². The van der Waals surface area contributed by atoms with Crippen molar-refractivity contribution in [3.05, 3.63) is 71.0 Å². The highest BCUT2D eigenvalue weighted by Crippen LogP contribution is 2.39. The Balaban J connectivity index is 0.000000284. The van der Waals surface area contributed by atoms with Crippen LogP contribution in [0, 0.1) is 25.6 Å². The van der Waals surface area contributed by atoms with Gasteiger partial charge in [-0.2, -0.15) is 0 Å². The van der Waals surface area contributed by atoms with E-state index >= 15 is 0 Å². The third kappa shape index (κ3) is 6.26. The third-order valence-corrected chi connectivity index (χ3v) is 4.62. The molecule has 1 aliphatic rings. The molecule has 3 nitrogen and oxygen atoms in total. The van der Waals surface area contributed by atoms with Gasteiger partial charge < -0.3 is 0 Å². The van der Waals surface area contributed by atoms with E-state index in [4.69, 9.17) is 5.21 Å². The molecule has 2 aromatic rings. The van der Waals surface area contributed by atoms with Gasteiger partial charge in [-0.25, -0.2) is 9.87 Å². The number of amides is 1. The van der Waals surface area contributed by atoms with Gasteiger partial charge >= 0.3 is 0 Å². The van der Waals surface area contributed by atoms with Gasteiger partial charge in [0.2, 0.25) is 5.91 Å². The second kappa shape index (κ2) is 11.4. The molecule has 2 atom stereocenters. The molecule has 0 aliphatic heterocycles. The van der Waals surface area contributed by atoms with Crippen LogP contribution in [-0.4, -0.2) is 11.1 Å². The molecule has 142 valence electrons. The van der Waals surface area contributed by atoms with Gasteiger partial charge in [-0.15, -0.1) is 0 Å². The summed E-state index contributed by atoms with van der Waals surface area (Å²) in [6, 6.07) is 15.0. The summed E-state index contributed by atoms with van der Waals surface area (Å²) >= 11 is 0. The number of nitrogens with one attached hydrogen (secondary N) is 1. The highest BCUT2D eigenvalue weighted by Gasteiger charge is 2.30. The molecule has 2 N–H and O–H groups in total. The van der Waals surface area contributed by atoms with Crippen molar-refractivity contribution in [2.24, 2.45) is 5.92 Å². The van der Waals surface area contributed by atoms with E-state index in [0.717, 1.165) is 19.3 Å². The number of carbonyl (C=O) groups is 1. The molecule has 0 aromatic heterocycles. The lowest BCUT2D eigenvalue weighted by atomic mass is 9.92. The number of hydroxylamine groups is 1. The second-order valence-electron chi connectivity index (χ2n) is 6.29. The molecule has 3 rings (SSSR count). The Morgan fingerprint density at radius 1 is 1.00 bits per heavy atom. The van der Waals surface area contributed by atoms with Crippen LogP contribution in [0.5, 0.6) is 0 Å². The molecule has 0 bridgehead atoms. The van der Waals surface area contributed by atoms with Crippen molar-refractivity contribution in [3.8, 4) is 0 Å². The van der Waals surface area contributed by atoms with E-state index < -0.39 is 0 Å². The van der Waals surface area contributed by atoms with E-state index in [1.807, 2.05) is 32.0 Å². The quantitative estimate of drug-likeness (QED) is 0.546. The van der Waals surface area contributed by atoms with E-state index in [1.54, 1.807) is 24.5 Å². The molecule has 26 heavy (non-hydrogen) atoms. The van der Waals surface area contributed by atoms with Crippen LogP contribution in [0.2, 0.25) is 0 Å². The average molecular weight is 359 g/mol. The Bertz CT molecular complexity index is 666. The van der Waals surface area contributed by atoms with Crippen LogP contribution < -0.4 is 5.48 Å². The van der Waals surface area contributed by atoms with Gasteiger partial charge in [-0.05, 0) is 61.8 Å². The molecule has 0 heterocycles. The van der Waals surface area contributed by atoms with E-state index in [1.165, 1.54) is 17.2 Å². The Kier molecular flexibility index (Phi) is 9.60. The highest BCUT2D eigenvalue weighted by atomic mass is 19.1. The van der Waals surface area contributed by atoms with Gasteiger partial charge in [0.25, 0.3) is 0 Å². The lowest BCUT2D eigenvalue weighted by Gasteiger charge is -2.13. The summed E-state index contributed by atoms with van der Waals surface area (Å²) in [5, 5.41) is 8.61. The fraction of sp³-hybridized carbons (Fsp3) is 0.409. The number of carbonyl (C=O) groups excluding carboxylic acids is 1. The molecule has 1 unspecified atom stereocenters. The molecule has 4 heteroatoms. The van der Waals surface area contributed by atoms with Crippen molar-refractivity contribution >= 4 is 5.91 Å². The zero-order valence-electron chi connectivity index (χ0n) is 16.1. The van der Waals surface area contributed by atoms with Gasteiger partial charge in [-0.3, -0.25) is 10.0 Å². The number of hydrogen-bond acceptors (Lipinski definition) is 2. The van der Waals surface area contributed by atoms with Crippen LogP contribution in [-0.2, 0) is 4.79 Å². The lowest BCUT2D eigenvalue weighted by molar-refractivity contribution is -0.133. The summed E-state index contributed by atoms with van der Waals surface area (Å²) in [4.78, 5) is 11.3. The minimum Gasteiger partial charge on any atom is -0.289 e. The van der Waals surface area contributed by atoms with Crippen LogP contribution in [0.15, 0.2) is 48.5 Å². The van der Waals surface area contributed by atoms with Gasteiger partial charge in [0, 0.05) is 5.92 Å². The van der Waals surface area contributed by atoms with Crippen molar-refractivity contribution < 1.29 is 14.4 Å². The minimum atomic E-state index is -0.240. The van der Waals surface area contributed by atoms with Crippen LogP contribution in [0.1, 0.15) is 55.7 Å². The molecule has 1 saturated carbocycles. The Morgan fingerprint density at radius 2 is 1.58 bits per heavy atom. The minimum absolute atomic E-state index is 0.0328. The Labute approximate surface area is 156 Å².